The fourth-order valence-electron chi connectivity index (χ4n) is 4.67. The van der Waals surface area contributed by atoms with Crippen molar-refractivity contribution in [3.8, 4) is 0 Å². The monoisotopic (exact) mass is 679 g/mol. The number of para-hydroxylation sites is 1. The van der Waals surface area contributed by atoms with E-state index in [4.69, 9.17) is 0 Å². The van der Waals surface area contributed by atoms with Crippen molar-refractivity contribution in [2.45, 2.75) is 50.2 Å². The number of nitrogens with zero attached hydrogens (tertiary/aromatic N) is 2. The SMILES string of the molecule is CCC(C)NC(=O)C(Cc1ccccc1)N(Cc1ccc(Br)cc1)C(=O)CN(c1ccccc1F)S(=O)(=O)c1ccccc1. The Morgan fingerprint density at radius 3 is 2.05 bits per heavy atom. The lowest BCUT2D eigenvalue weighted by atomic mass is 10.0. The van der Waals surface area contributed by atoms with Crippen LogP contribution >= 0.6 is 15.9 Å². The molecule has 0 aliphatic heterocycles. The fraction of sp³-hybridized carbons (Fsp3) is 0.235. The highest BCUT2D eigenvalue weighted by atomic mass is 79.9. The molecule has 44 heavy (non-hydrogen) atoms. The van der Waals surface area contributed by atoms with Crippen LogP contribution in [0.3, 0.4) is 0 Å². The van der Waals surface area contributed by atoms with E-state index in [1.54, 1.807) is 18.2 Å². The molecule has 0 saturated heterocycles. The number of hydrogen-bond acceptors (Lipinski definition) is 4. The average molecular weight is 681 g/mol. The van der Waals surface area contributed by atoms with Crippen LogP contribution in [0.1, 0.15) is 31.4 Å². The first kappa shape index (κ1) is 32.9. The van der Waals surface area contributed by atoms with Crippen LogP contribution in [0.5, 0.6) is 0 Å². The first-order valence-electron chi connectivity index (χ1n) is 14.3. The molecule has 2 amide bonds. The smallest absolute Gasteiger partial charge is 0.264 e. The van der Waals surface area contributed by atoms with Crippen LogP contribution < -0.4 is 9.62 Å². The predicted molar refractivity (Wildman–Crippen MR) is 174 cm³/mol. The van der Waals surface area contributed by atoms with Gasteiger partial charge in [-0.25, -0.2) is 12.8 Å². The van der Waals surface area contributed by atoms with Gasteiger partial charge in [-0.15, -0.1) is 0 Å². The zero-order chi connectivity index (χ0) is 31.7. The first-order chi connectivity index (χ1) is 21.1. The van der Waals surface area contributed by atoms with Crippen LogP contribution in [0.4, 0.5) is 10.1 Å². The molecule has 0 aliphatic rings. The van der Waals surface area contributed by atoms with Gasteiger partial charge in [0.25, 0.3) is 10.0 Å². The van der Waals surface area contributed by atoms with Gasteiger partial charge < -0.3 is 10.2 Å². The summed E-state index contributed by atoms with van der Waals surface area (Å²) in [6.07, 6.45) is 0.872. The van der Waals surface area contributed by atoms with Crippen molar-refractivity contribution in [1.29, 1.82) is 0 Å². The number of rotatable bonds is 13. The first-order valence-corrected chi connectivity index (χ1v) is 16.5. The zero-order valence-corrected chi connectivity index (χ0v) is 27.0. The van der Waals surface area contributed by atoms with E-state index in [1.165, 1.54) is 35.2 Å². The Morgan fingerprint density at radius 1 is 0.841 bits per heavy atom. The summed E-state index contributed by atoms with van der Waals surface area (Å²) >= 11 is 3.43. The molecule has 230 valence electrons. The molecule has 2 unspecified atom stereocenters. The minimum Gasteiger partial charge on any atom is -0.352 e. The summed E-state index contributed by atoms with van der Waals surface area (Å²) in [6.45, 7) is 3.12. The lowest BCUT2D eigenvalue weighted by molar-refractivity contribution is -0.140. The summed E-state index contributed by atoms with van der Waals surface area (Å²) < 4.78 is 44.6. The molecule has 10 heteroatoms. The second-order valence-electron chi connectivity index (χ2n) is 10.4. The lowest BCUT2D eigenvalue weighted by Crippen LogP contribution is -2.54. The molecular formula is C34H35BrFN3O4S. The molecule has 0 radical (unpaired) electrons. The van der Waals surface area contributed by atoms with Crippen LogP contribution in [-0.4, -0.2) is 43.8 Å². The Labute approximate surface area is 266 Å². The third kappa shape index (κ3) is 8.33. The van der Waals surface area contributed by atoms with E-state index in [-0.39, 0.29) is 35.5 Å². The van der Waals surface area contributed by atoms with Gasteiger partial charge in [0.2, 0.25) is 11.8 Å². The van der Waals surface area contributed by atoms with E-state index in [1.807, 2.05) is 68.4 Å². The number of sulfonamides is 1. The van der Waals surface area contributed by atoms with Crippen LogP contribution in [-0.2, 0) is 32.6 Å². The van der Waals surface area contributed by atoms with Crippen molar-refractivity contribution < 1.29 is 22.4 Å². The molecule has 7 nitrogen and oxygen atoms in total. The molecule has 4 aromatic rings. The van der Waals surface area contributed by atoms with Gasteiger partial charge in [0.15, 0.2) is 0 Å². The van der Waals surface area contributed by atoms with Crippen LogP contribution in [0.15, 0.2) is 119 Å². The van der Waals surface area contributed by atoms with Gasteiger partial charge in [0.05, 0.1) is 10.6 Å². The van der Waals surface area contributed by atoms with Crippen LogP contribution in [0.25, 0.3) is 0 Å². The minimum atomic E-state index is -4.37. The minimum absolute atomic E-state index is 0.0219. The Kier molecular flexibility index (Phi) is 11.3. The topological polar surface area (TPSA) is 86.8 Å². The number of anilines is 1. The maximum Gasteiger partial charge on any atom is 0.264 e. The van der Waals surface area contributed by atoms with Crippen molar-refractivity contribution in [3.63, 3.8) is 0 Å². The third-order valence-corrected chi connectivity index (χ3v) is 9.57. The van der Waals surface area contributed by atoms with Crippen molar-refractivity contribution in [1.82, 2.24) is 10.2 Å². The number of amides is 2. The van der Waals surface area contributed by atoms with Gasteiger partial charge >= 0.3 is 0 Å². The van der Waals surface area contributed by atoms with Gasteiger partial charge in [0.1, 0.15) is 18.4 Å². The summed E-state index contributed by atoms with van der Waals surface area (Å²) in [5.41, 5.74) is 1.30. The second-order valence-corrected chi connectivity index (χ2v) is 13.2. The lowest BCUT2D eigenvalue weighted by Gasteiger charge is -2.34. The molecule has 0 fully saturated rings. The Bertz CT molecular complexity index is 1660. The van der Waals surface area contributed by atoms with Gasteiger partial charge in [-0.1, -0.05) is 95.7 Å². The predicted octanol–water partition coefficient (Wildman–Crippen LogP) is 6.34. The number of nitrogens with one attached hydrogen (secondary N) is 1. The summed E-state index contributed by atoms with van der Waals surface area (Å²) in [7, 11) is -4.37. The van der Waals surface area contributed by atoms with E-state index in [2.05, 4.69) is 21.2 Å². The van der Waals surface area contributed by atoms with E-state index in [0.717, 1.165) is 26.0 Å². The van der Waals surface area contributed by atoms with E-state index in [0.29, 0.717) is 6.42 Å². The standard InChI is InChI=1S/C34H35BrFN3O4S/c1-3-25(2)37-34(41)32(22-26-12-6-4-7-13-26)38(23-27-18-20-28(35)21-19-27)33(40)24-39(31-17-11-10-16-30(31)36)44(42,43)29-14-8-5-9-15-29/h4-21,25,32H,3,22-24H2,1-2H3,(H,37,41). The van der Waals surface area contributed by atoms with E-state index in [9.17, 15) is 18.0 Å². The maximum atomic E-state index is 15.2. The fourth-order valence-corrected chi connectivity index (χ4v) is 6.38. The van der Waals surface area contributed by atoms with Crippen molar-refractivity contribution in [3.05, 3.63) is 131 Å². The zero-order valence-electron chi connectivity index (χ0n) is 24.6. The number of benzene rings is 4. The third-order valence-electron chi connectivity index (χ3n) is 7.27. The summed E-state index contributed by atoms with van der Waals surface area (Å²) in [6, 6.07) is 28.5. The number of halogens is 2. The molecule has 0 aliphatic carbocycles. The molecule has 4 aromatic carbocycles. The molecule has 1 N–H and O–H groups in total. The van der Waals surface area contributed by atoms with Gasteiger partial charge in [-0.3, -0.25) is 13.9 Å². The Hall–Kier alpha value is -4.02. The Balaban J connectivity index is 1.81. The van der Waals surface area contributed by atoms with Crippen LogP contribution in [0.2, 0.25) is 0 Å². The summed E-state index contributed by atoms with van der Waals surface area (Å²) in [4.78, 5) is 29.5. The Morgan fingerprint density at radius 2 is 1.43 bits per heavy atom. The highest BCUT2D eigenvalue weighted by Crippen LogP contribution is 2.27. The largest absolute Gasteiger partial charge is 0.352 e. The number of carbonyl (C=O) groups excluding carboxylic acids is 2. The number of hydrogen-bond donors (Lipinski definition) is 1. The molecule has 4 rings (SSSR count). The average Bonchev–Trinajstić information content (AvgIpc) is 3.03. The van der Waals surface area contributed by atoms with Crippen molar-refractivity contribution in [2.24, 2.45) is 0 Å². The highest BCUT2D eigenvalue weighted by Gasteiger charge is 2.35. The maximum absolute atomic E-state index is 15.2. The normalized spacial score (nSPS) is 12.6. The molecule has 0 spiro atoms. The van der Waals surface area contributed by atoms with Gasteiger partial charge in [-0.2, -0.15) is 0 Å². The molecule has 2 atom stereocenters. The van der Waals surface area contributed by atoms with Crippen LogP contribution in [0, 0.1) is 5.82 Å². The van der Waals surface area contributed by atoms with Gasteiger partial charge in [-0.05, 0) is 60.9 Å². The van der Waals surface area contributed by atoms with Crippen molar-refractivity contribution in [2.75, 3.05) is 10.8 Å². The highest BCUT2D eigenvalue weighted by molar-refractivity contribution is 9.10. The molecule has 0 aromatic heterocycles. The summed E-state index contributed by atoms with van der Waals surface area (Å²) in [5, 5.41) is 3.00. The van der Waals surface area contributed by atoms with E-state index >= 15 is 4.39 Å². The molecular weight excluding hydrogens is 645 g/mol. The quantitative estimate of drug-likeness (QED) is 0.179. The van der Waals surface area contributed by atoms with Gasteiger partial charge in [0, 0.05) is 23.5 Å². The molecule has 0 saturated carbocycles. The second kappa shape index (κ2) is 15.1. The molecule has 0 bridgehead atoms. The van der Waals surface area contributed by atoms with Crippen molar-refractivity contribution >= 4 is 43.5 Å². The number of carbonyl (C=O) groups is 2. The molecule has 0 heterocycles. The summed E-state index contributed by atoms with van der Waals surface area (Å²) in [5.74, 6) is -1.82. The van der Waals surface area contributed by atoms with E-state index < -0.39 is 34.3 Å².